The number of ether oxygens (including phenoxy) is 1. The van der Waals surface area contributed by atoms with Crippen molar-refractivity contribution in [3.63, 3.8) is 0 Å². The van der Waals surface area contributed by atoms with Gasteiger partial charge in [0, 0.05) is 0 Å². The van der Waals surface area contributed by atoms with E-state index in [2.05, 4.69) is 11.7 Å². The van der Waals surface area contributed by atoms with Gasteiger partial charge < -0.3 is 4.74 Å². The zero-order chi connectivity index (χ0) is 8.53. The summed E-state index contributed by atoms with van der Waals surface area (Å²) in [5.41, 5.74) is 0. The molecular weight excluding hydrogens is 144 g/mol. The highest BCUT2D eigenvalue weighted by molar-refractivity contribution is 5.56. The van der Waals surface area contributed by atoms with E-state index in [1.54, 1.807) is 0 Å². The third kappa shape index (κ3) is 9.27. The molecule has 11 heavy (non-hydrogen) atoms. The van der Waals surface area contributed by atoms with Crippen LogP contribution in [0.3, 0.4) is 0 Å². The Morgan fingerprint density at radius 3 is 2.36 bits per heavy atom. The number of hydrogen-bond donors (Lipinski definition) is 0. The van der Waals surface area contributed by atoms with Crippen molar-refractivity contribution in [1.29, 1.82) is 0 Å². The molecule has 0 aromatic rings. The third-order valence-corrected chi connectivity index (χ3v) is 1.36. The summed E-state index contributed by atoms with van der Waals surface area (Å²) in [6.07, 6.45) is 3.51. The van der Waals surface area contributed by atoms with Crippen LogP contribution in [0.5, 0.6) is 0 Å². The number of rotatable bonds is 6. The number of hydrogen-bond acceptors (Lipinski definition) is 2. The van der Waals surface area contributed by atoms with Crippen molar-refractivity contribution in [2.75, 3.05) is 6.61 Å². The molecule has 0 aliphatic heterocycles. The van der Waals surface area contributed by atoms with Crippen molar-refractivity contribution in [2.24, 2.45) is 0 Å². The van der Waals surface area contributed by atoms with Crippen LogP contribution in [0.25, 0.3) is 0 Å². The standard InChI is InChI=1S/C8H14O3/c1-2-3-4-5-6-7-11-8(9)10/h1-7H2. The Bertz CT molecular complexity index is 102. The zero-order valence-electron chi connectivity index (χ0n) is 6.67. The molecule has 2 radical (unpaired) electrons. The molecule has 0 heterocycles. The van der Waals surface area contributed by atoms with E-state index < -0.39 is 6.16 Å². The molecule has 0 saturated heterocycles. The van der Waals surface area contributed by atoms with Gasteiger partial charge in [0.1, 0.15) is 0 Å². The Morgan fingerprint density at radius 2 is 1.82 bits per heavy atom. The Balaban J connectivity index is 2.85. The van der Waals surface area contributed by atoms with Crippen LogP contribution in [-0.2, 0) is 9.84 Å². The Hall–Kier alpha value is -0.730. The maximum atomic E-state index is 9.74. The lowest BCUT2D eigenvalue weighted by atomic mass is 10.2. The number of unbranched alkanes of at least 4 members (excludes halogenated alkanes) is 4. The van der Waals surface area contributed by atoms with Gasteiger partial charge in [-0.15, -0.1) is 0 Å². The summed E-state index contributed by atoms with van der Waals surface area (Å²) in [4.78, 5) is 9.74. The lowest BCUT2D eigenvalue weighted by molar-refractivity contribution is 0.0664. The molecule has 0 amide bonds. The molecule has 0 aliphatic rings. The van der Waals surface area contributed by atoms with E-state index >= 15 is 0 Å². The first-order valence-corrected chi connectivity index (χ1v) is 3.90. The second-order valence-electron chi connectivity index (χ2n) is 2.37. The highest BCUT2D eigenvalue weighted by Gasteiger charge is 1.97. The van der Waals surface area contributed by atoms with Crippen LogP contribution < -0.4 is 0 Å². The summed E-state index contributed by atoms with van der Waals surface area (Å²) in [6.45, 7) is 3.96. The predicted octanol–water partition coefficient (Wildman–Crippen LogP) is 2.34. The van der Waals surface area contributed by atoms with E-state index in [1.807, 2.05) is 0 Å². The maximum absolute atomic E-state index is 9.74. The van der Waals surface area contributed by atoms with Gasteiger partial charge in [0.05, 0.1) is 6.61 Å². The highest BCUT2D eigenvalue weighted by Crippen LogP contribution is 2.01. The van der Waals surface area contributed by atoms with Crippen LogP contribution >= 0.6 is 0 Å². The first kappa shape index (κ1) is 10.3. The van der Waals surface area contributed by atoms with Crippen LogP contribution in [-0.4, -0.2) is 12.8 Å². The van der Waals surface area contributed by atoms with Gasteiger partial charge in [-0.25, -0.2) is 0 Å². The molecule has 0 saturated carbocycles. The van der Waals surface area contributed by atoms with E-state index in [0.29, 0.717) is 0 Å². The molecule has 0 N–H and O–H groups in total. The van der Waals surface area contributed by atoms with Crippen molar-refractivity contribution in [2.45, 2.75) is 32.1 Å². The summed E-state index contributed by atoms with van der Waals surface area (Å²) in [5, 5.41) is 9.74. The van der Waals surface area contributed by atoms with Crippen molar-refractivity contribution in [3.05, 3.63) is 6.92 Å². The second kappa shape index (κ2) is 7.38. The van der Waals surface area contributed by atoms with Crippen molar-refractivity contribution in [1.82, 2.24) is 0 Å². The molecule has 0 aromatic carbocycles. The third-order valence-electron chi connectivity index (χ3n) is 1.36. The summed E-state index contributed by atoms with van der Waals surface area (Å²) < 4.78 is 4.21. The van der Waals surface area contributed by atoms with E-state index in [9.17, 15) is 9.90 Å². The fraction of sp³-hybridized carbons (Fsp3) is 0.750. The normalized spacial score (nSPS) is 9.55. The molecule has 3 heteroatoms. The van der Waals surface area contributed by atoms with Gasteiger partial charge in [0.15, 0.2) is 0 Å². The Morgan fingerprint density at radius 1 is 1.18 bits per heavy atom. The molecule has 0 aromatic heterocycles. The first-order valence-electron chi connectivity index (χ1n) is 3.90. The van der Waals surface area contributed by atoms with Gasteiger partial charge in [0.2, 0.25) is 0 Å². The maximum Gasteiger partial charge on any atom is 0.549 e. The van der Waals surface area contributed by atoms with Gasteiger partial charge in [-0.05, 0) is 6.42 Å². The van der Waals surface area contributed by atoms with E-state index in [4.69, 9.17) is 0 Å². The molecule has 0 atom stereocenters. The molecule has 0 bridgehead atoms. The molecule has 0 spiro atoms. The SMILES string of the molecule is [CH2]CCCCCCOC([O])=O. The van der Waals surface area contributed by atoms with Crippen molar-refractivity contribution in [3.8, 4) is 0 Å². The summed E-state index contributed by atoms with van der Waals surface area (Å²) in [5.74, 6) is 0. The fourth-order valence-corrected chi connectivity index (χ4v) is 0.788. The van der Waals surface area contributed by atoms with Gasteiger partial charge in [-0.1, -0.05) is 32.6 Å². The smallest absolute Gasteiger partial charge is 0.432 e. The highest BCUT2D eigenvalue weighted by atomic mass is 16.7. The Labute approximate surface area is 67.4 Å². The van der Waals surface area contributed by atoms with Crippen LogP contribution in [0.2, 0.25) is 0 Å². The largest absolute Gasteiger partial charge is 0.549 e. The van der Waals surface area contributed by atoms with Gasteiger partial charge in [0.25, 0.3) is 0 Å². The van der Waals surface area contributed by atoms with Crippen molar-refractivity contribution < 1.29 is 14.6 Å². The van der Waals surface area contributed by atoms with Crippen molar-refractivity contribution >= 4 is 6.16 Å². The van der Waals surface area contributed by atoms with Gasteiger partial charge in [-0.3, -0.25) is 0 Å². The fourth-order valence-electron chi connectivity index (χ4n) is 0.788. The predicted molar refractivity (Wildman–Crippen MR) is 40.5 cm³/mol. The monoisotopic (exact) mass is 158 g/mol. The summed E-state index contributed by atoms with van der Waals surface area (Å²) in [7, 11) is 0. The lowest BCUT2D eigenvalue weighted by Crippen LogP contribution is -1.99. The molecule has 0 aliphatic carbocycles. The summed E-state index contributed by atoms with van der Waals surface area (Å²) >= 11 is 0. The zero-order valence-corrected chi connectivity index (χ0v) is 6.67. The molecule has 64 valence electrons. The summed E-state index contributed by atoms with van der Waals surface area (Å²) in [6, 6.07) is 0. The van der Waals surface area contributed by atoms with Gasteiger partial charge >= 0.3 is 6.16 Å². The molecule has 0 unspecified atom stereocenters. The molecule has 0 rings (SSSR count). The average molecular weight is 158 g/mol. The minimum absolute atomic E-state index is 0.263. The molecule has 3 nitrogen and oxygen atoms in total. The van der Waals surface area contributed by atoms with E-state index in [1.165, 1.54) is 0 Å². The second-order valence-corrected chi connectivity index (χ2v) is 2.37. The lowest BCUT2D eigenvalue weighted by Gasteiger charge is -1.98. The van der Waals surface area contributed by atoms with E-state index in [-0.39, 0.29) is 6.61 Å². The first-order chi connectivity index (χ1) is 5.27. The Kier molecular flexibility index (Phi) is 6.89. The minimum Gasteiger partial charge on any atom is -0.432 e. The van der Waals surface area contributed by atoms with Crippen LogP contribution in [0.15, 0.2) is 0 Å². The van der Waals surface area contributed by atoms with Crippen LogP contribution in [0.4, 0.5) is 4.79 Å². The topological polar surface area (TPSA) is 46.2 Å². The number of carbonyl (C=O) groups excluding carboxylic acids is 1. The van der Waals surface area contributed by atoms with E-state index in [0.717, 1.165) is 32.1 Å². The average Bonchev–Trinajstić information content (AvgIpc) is 1.96. The quantitative estimate of drug-likeness (QED) is 0.440. The van der Waals surface area contributed by atoms with Crippen LogP contribution in [0, 0.1) is 6.92 Å². The van der Waals surface area contributed by atoms with Crippen LogP contribution in [0.1, 0.15) is 32.1 Å². The molecule has 0 fully saturated rings. The minimum atomic E-state index is -1.43. The molecular formula is C8H14O3. The number of carbonyl (C=O) groups is 1. The van der Waals surface area contributed by atoms with Gasteiger partial charge in [-0.2, -0.15) is 9.90 Å².